The first-order chi connectivity index (χ1) is 13.0. The Bertz CT molecular complexity index is 866. The molecule has 2 aliphatic rings. The van der Waals surface area contributed by atoms with Crippen LogP contribution in [0.2, 0.25) is 0 Å². The van der Waals surface area contributed by atoms with Crippen LogP contribution in [0.15, 0.2) is 29.3 Å². The summed E-state index contributed by atoms with van der Waals surface area (Å²) in [6.07, 6.45) is 2.20. The largest absolute Gasteiger partial charge is 0.356 e. The molecular formula is C22H31N5. The third-order valence-corrected chi connectivity index (χ3v) is 6.48. The number of aryl methyl sites for hydroxylation is 2. The molecule has 27 heavy (non-hydrogen) atoms. The molecule has 0 saturated heterocycles. The van der Waals surface area contributed by atoms with Crippen LogP contribution in [0.1, 0.15) is 40.9 Å². The molecule has 4 rings (SSSR count). The van der Waals surface area contributed by atoms with Gasteiger partial charge in [-0.3, -0.25) is 9.67 Å². The fraction of sp³-hybridized carbons (Fsp3) is 0.545. The Morgan fingerprint density at radius 3 is 2.81 bits per heavy atom. The molecule has 1 aromatic heterocycles. The molecule has 0 radical (unpaired) electrons. The van der Waals surface area contributed by atoms with E-state index in [4.69, 9.17) is 0 Å². The van der Waals surface area contributed by atoms with Gasteiger partial charge in [0.25, 0.3) is 0 Å². The van der Waals surface area contributed by atoms with Crippen LogP contribution in [0.3, 0.4) is 0 Å². The summed E-state index contributed by atoms with van der Waals surface area (Å²) < 4.78 is 1.97. The molecule has 0 bridgehead atoms. The summed E-state index contributed by atoms with van der Waals surface area (Å²) in [5.41, 5.74) is 6.83. The second-order valence-corrected chi connectivity index (χ2v) is 8.23. The summed E-state index contributed by atoms with van der Waals surface area (Å²) in [6.45, 7) is 7.44. The predicted molar refractivity (Wildman–Crippen MR) is 110 cm³/mol. The van der Waals surface area contributed by atoms with E-state index in [0.717, 1.165) is 42.4 Å². The second kappa shape index (κ2) is 7.02. The third-order valence-electron chi connectivity index (χ3n) is 6.48. The van der Waals surface area contributed by atoms with E-state index in [0.29, 0.717) is 6.04 Å². The lowest BCUT2D eigenvalue weighted by atomic mass is 10.0. The average Bonchev–Trinajstić information content (AvgIpc) is 3.09. The van der Waals surface area contributed by atoms with Crippen LogP contribution in [0.4, 0.5) is 0 Å². The van der Waals surface area contributed by atoms with Crippen molar-refractivity contribution in [1.29, 1.82) is 0 Å². The molecule has 5 nitrogen and oxygen atoms in total. The molecule has 2 aromatic rings. The van der Waals surface area contributed by atoms with Gasteiger partial charge < -0.3 is 10.6 Å². The minimum Gasteiger partial charge on any atom is -0.356 e. The van der Waals surface area contributed by atoms with E-state index >= 15 is 0 Å². The molecule has 1 heterocycles. The molecule has 4 atom stereocenters. The van der Waals surface area contributed by atoms with E-state index < -0.39 is 0 Å². The summed E-state index contributed by atoms with van der Waals surface area (Å²) >= 11 is 0. The molecule has 1 fully saturated rings. The SMILES string of the molecule is CN=C(NCC1C2Cc3ccccc3C12)NC(C)Cc1c(C)nn(C)c1C. The molecule has 144 valence electrons. The average molecular weight is 366 g/mol. The quantitative estimate of drug-likeness (QED) is 0.633. The van der Waals surface area contributed by atoms with Crippen molar-refractivity contribution in [1.82, 2.24) is 20.4 Å². The number of hydrogen-bond acceptors (Lipinski definition) is 2. The highest BCUT2D eigenvalue weighted by Crippen LogP contribution is 2.60. The van der Waals surface area contributed by atoms with E-state index in [1.54, 1.807) is 11.1 Å². The minimum absolute atomic E-state index is 0.303. The van der Waals surface area contributed by atoms with Gasteiger partial charge in [-0.15, -0.1) is 0 Å². The first kappa shape index (κ1) is 18.1. The van der Waals surface area contributed by atoms with Crippen molar-refractivity contribution >= 4 is 5.96 Å². The van der Waals surface area contributed by atoms with Crippen LogP contribution in [0.5, 0.6) is 0 Å². The fourth-order valence-electron chi connectivity index (χ4n) is 4.87. The van der Waals surface area contributed by atoms with Gasteiger partial charge >= 0.3 is 0 Å². The van der Waals surface area contributed by atoms with E-state index in [-0.39, 0.29) is 0 Å². The monoisotopic (exact) mass is 365 g/mol. The summed E-state index contributed by atoms with van der Waals surface area (Å²) in [7, 11) is 3.86. The molecule has 0 aliphatic heterocycles. The van der Waals surface area contributed by atoms with Crippen LogP contribution in [-0.2, 0) is 19.9 Å². The Hall–Kier alpha value is -2.30. The van der Waals surface area contributed by atoms with Crippen molar-refractivity contribution in [2.24, 2.45) is 23.9 Å². The molecule has 2 N–H and O–H groups in total. The van der Waals surface area contributed by atoms with Gasteiger partial charge in [0.2, 0.25) is 0 Å². The zero-order valence-corrected chi connectivity index (χ0v) is 17.1. The van der Waals surface area contributed by atoms with Crippen LogP contribution >= 0.6 is 0 Å². The Morgan fingerprint density at radius 1 is 1.33 bits per heavy atom. The van der Waals surface area contributed by atoms with E-state index in [2.05, 4.69) is 65.8 Å². The lowest BCUT2D eigenvalue weighted by Crippen LogP contribution is -2.44. The Morgan fingerprint density at radius 2 is 2.11 bits per heavy atom. The van der Waals surface area contributed by atoms with Gasteiger partial charge in [0.15, 0.2) is 5.96 Å². The summed E-state index contributed by atoms with van der Waals surface area (Å²) in [4.78, 5) is 4.43. The summed E-state index contributed by atoms with van der Waals surface area (Å²) in [5, 5.41) is 11.6. The molecule has 2 aliphatic carbocycles. The van der Waals surface area contributed by atoms with Gasteiger partial charge in [-0.05, 0) is 68.1 Å². The number of rotatable bonds is 5. The van der Waals surface area contributed by atoms with Crippen molar-refractivity contribution in [2.45, 2.75) is 45.6 Å². The Labute approximate surface area is 162 Å². The maximum absolute atomic E-state index is 4.52. The van der Waals surface area contributed by atoms with E-state index in [9.17, 15) is 0 Å². The Kier molecular flexibility index (Phi) is 4.70. The van der Waals surface area contributed by atoms with Crippen molar-refractivity contribution in [3.63, 3.8) is 0 Å². The number of benzene rings is 1. The minimum atomic E-state index is 0.303. The normalized spacial score (nSPS) is 24.3. The maximum atomic E-state index is 4.52. The van der Waals surface area contributed by atoms with Gasteiger partial charge in [-0.1, -0.05) is 24.3 Å². The highest BCUT2D eigenvalue weighted by Gasteiger charge is 2.54. The molecule has 1 aromatic carbocycles. The zero-order valence-electron chi connectivity index (χ0n) is 17.1. The molecule has 5 heteroatoms. The number of fused-ring (bicyclic) bond motifs is 3. The van der Waals surface area contributed by atoms with E-state index in [1.165, 1.54) is 17.7 Å². The number of nitrogens with zero attached hydrogens (tertiary/aromatic N) is 3. The lowest BCUT2D eigenvalue weighted by molar-refractivity contribution is 0.613. The lowest BCUT2D eigenvalue weighted by Gasteiger charge is -2.19. The van der Waals surface area contributed by atoms with Crippen molar-refractivity contribution < 1.29 is 0 Å². The van der Waals surface area contributed by atoms with Crippen molar-refractivity contribution in [2.75, 3.05) is 13.6 Å². The summed E-state index contributed by atoms with van der Waals surface area (Å²) in [5.74, 6) is 3.23. The zero-order chi connectivity index (χ0) is 19.1. The van der Waals surface area contributed by atoms with Crippen molar-refractivity contribution in [3.05, 3.63) is 52.3 Å². The number of hydrogen-bond donors (Lipinski definition) is 2. The third kappa shape index (κ3) is 3.35. The Balaban J connectivity index is 1.29. The van der Waals surface area contributed by atoms with E-state index in [1.807, 2.05) is 18.8 Å². The highest BCUT2D eigenvalue weighted by molar-refractivity contribution is 5.80. The fourth-order valence-corrected chi connectivity index (χ4v) is 4.87. The number of aliphatic imine (C=N–C) groups is 1. The second-order valence-electron chi connectivity index (χ2n) is 8.23. The smallest absolute Gasteiger partial charge is 0.191 e. The number of nitrogens with one attached hydrogen (secondary N) is 2. The van der Waals surface area contributed by atoms with Crippen LogP contribution in [0, 0.1) is 25.7 Å². The van der Waals surface area contributed by atoms with Gasteiger partial charge in [-0.25, -0.2) is 0 Å². The van der Waals surface area contributed by atoms with Crippen LogP contribution < -0.4 is 10.6 Å². The molecule has 0 spiro atoms. The first-order valence-corrected chi connectivity index (χ1v) is 10.0. The van der Waals surface area contributed by atoms with Crippen LogP contribution in [-0.4, -0.2) is 35.4 Å². The van der Waals surface area contributed by atoms with Crippen molar-refractivity contribution in [3.8, 4) is 0 Å². The molecule has 0 amide bonds. The highest BCUT2D eigenvalue weighted by atomic mass is 15.3. The first-order valence-electron chi connectivity index (χ1n) is 10.0. The maximum Gasteiger partial charge on any atom is 0.191 e. The van der Waals surface area contributed by atoms with Gasteiger partial charge in [0.05, 0.1) is 5.69 Å². The van der Waals surface area contributed by atoms with Gasteiger partial charge in [0, 0.05) is 32.4 Å². The standard InChI is InChI=1S/C22H31N5/c1-13(10-18-14(2)26-27(5)15(18)3)25-22(23-4)24-12-20-19-11-16-8-6-7-9-17(16)21(19)20/h6-9,13,19-21H,10-12H2,1-5H3,(H2,23,24,25). The molecule has 4 unspecified atom stereocenters. The predicted octanol–water partition coefficient (Wildman–Crippen LogP) is 2.72. The van der Waals surface area contributed by atoms with Gasteiger partial charge in [0.1, 0.15) is 0 Å². The summed E-state index contributed by atoms with van der Waals surface area (Å²) in [6, 6.07) is 9.24. The number of guanidine groups is 1. The van der Waals surface area contributed by atoms with Crippen LogP contribution in [0.25, 0.3) is 0 Å². The molecular weight excluding hydrogens is 334 g/mol. The molecule has 1 saturated carbocycles. The topological polar surface area (TPSA) is 54.2 Å². The number of aromatic nitrogens is 2. The van der Waals surface area contributed by atoms with Gasteiger partial charge in [-0.2, -0.15) is 5.10 Å².